The monoisotopic (exact) mass is 365 g/mol. The summed E-state index contributed by atoms with van der Waals surface area (Å²) in [5.41, 5.74) is 1.55. The quantitative estimate of drug-likeness (QED) is 0.772. The van der Waals surface area contributed by atoms with Gasteiger partial charge in [0.15, 0.2) is 11.6 Å². The van der Waals surface area contributed by atoms with Gasteiger partial charge in [-0.3, -0.25) is 4.79 Å². The van der Waals surface area contributed by atoms with Crippen molar-refractivity contribution < 1.29 is 14.3 Å². The van der Waals surface area contributed by atoms with Gasteiger partial charge in [-0.15, -0.1) is 0 Å². The van der Waals surface area contributed by atoms with Gasteiger partial charge in [-0.1, -0.05) is 24.3 Å². The Morgan fingerprint density at radius 3 is 2.44 bits per heavy atom. The number of anilines is 1. The zero-order valence-electron chi connectivity index (χ0n) is 14.4. The summed E-state index contributed by atoms with van der Waals surface area (Å²) in [4.78, 5) is 30.2. The molecule has 0 atom stereocenters. The molecule has 1 saturated carbocycles. The Hall–Kier alpha value is -3.22. The van der Waals surface area contributed by atoms with E-state index < -0.39 is 17.2 Å². The minimum Gasteiger partial charge on any atom is -0.477 e. The highest BCUT2D eigenvalue weighted by Crippen LogP contribution is 2.37. The number of carbonyl (C=O) groups is 1. The lowest BCUT2D eigenvalue weighted by atomic mass is 10.1. The van der Waals surface area contributed by atoms with Crippen molar-refractivity contribution in [3.05, 3.63) is 69.3 Å². The Balaban J connectivity index is 1.69. The summed E-state index contributed by atoms with van der Waals surface area (Å²) in [6.07, 6.45) is 3.12. The number of rotatable bonds is 3. The number of fused-ring (bicyclic) bond motifs is 2. The summed E-state index contributed by atoms with van der Waals surface area (Å²) >= 11 is 0. The van der Waals surface area contributed by atoms with Crippen molar-refractivity contribution in [3.8, 4) is 0 Å². The van der Waals surface area contributed by atoms with Gasteiger partial charge in [0, 0.05) is 25.3 Å². The molecule has 0 unspecified atom stereocenters. The highest BCUT2D eigenvalue weighted by Gasteiger charge is 2.29. The molecule has 7 heteroatoms. The van der Waals surface area contributed by atoms with Crippen LogP contribution in [0.25, 0.3) is 11.0 Å². The first-order chi connectivity index (χ1) is 13.0. The van der Waals surface area contributed by atoms with Crippen LogP contribution in [0.5, 0.6) is 0 Å². The van der Waals surface area contributed by atoms with Crippen LogP contribution in [0.1, 0.15) is 40.4 Å². The first-order valence-electron chi connectivity index (χ1n) is 8.83. The van der Waals surface area contributed by atoms with E-state index in [1.54, 1.807) is 4.57 Å². The lowest BCUT2D eigenvalue weighted by Crippen LogP contribution is -2.22. The van der Waals surface area contributed by atoms with Crippen LogP contribution < -0.4 is 10.3 Å². The summed E-state index contributed by atoms with van der Waals surface area (Å²) in [5, 5.41) is 9.33. The number of pyridine rings is 2. The fourth-order valence-corrected chi connectivity index (χ4v) is 3.73. The average Bonchev–Trinajstić information content (AvgIpc) is 3.39. The Labute approximate surface area is 153 Å². The van der Waals surface area contributed by atoms with E-state index in [1.165, 1.54) is 6.20 Å². The molecule has 0 amide bonds. The van der Waals surface area contributed by atoms with Crippen molar-refractivity contribution in [1.82, 2.24) is 9.55 Å². The molecule has 3 heterocycles. The third-order valence-corrected chi connectivity index (χ3v) is 5.25. The van der Waals surface area contributed by atoms with Gasteiger partial charge in [-0.25, -0.2) is 14.2 Å². The molecule has 2 aromatic heterocycles. The molecule has 27 heavy (non-hydrogen) atoms. The maximum atomic E-state index is 14.9. The van der Waals surface area contributed by atoms with Crippen molar-refractivity contribution in [1.29, 1.82) is 0 Å². The van der Waals surface area contributed by atoms with Crippen LogP contribution in [0.15, 0.2) is 41.3 Å². The first-order valence-corrected chi connectivity index (χ1v) is 8.83. The van der Waals surface area contributed by atoms with E-state index in [0.717, 1.165) is 30.0 Å². The predicted molar refractivity (Wildman–Crippen MR) is 97.5 cm³/mol. The number of hydrogen-bond acceptors (Lipinski definition) is 4. The van der Waals surface area contributed by atoms with E-state index >= 15 is 0 Å². The molecule has 6 nitrogen and oxygen atoms in total. The van der Waals surface area contributed by atoms with Crippen LogP contribution in [0.4, 0.5) is 10.2 Å². The Kier molecular flexibility index (Phi) is 3.34. The fraction of sp³-hybridized carbons (Fsp3) is 0.250. The molecule has 0 radical (unpaired) electrons. The molecule has 0 bridgehead atoms. The van der Waals surface area contributed by atoms with E-state index in [-0.39, 0.29) is 22.8 Å². The van der Waals surface area contributed by atoms with Crippen molar-refractivity contribution in [2.45, 2.75) is 32.0 Å². The molecule has 1 aliphatic carbocycles. The van der Waals surface area contributed by atoms with Gasteiger partial charge in [0.1, 0.15) is 11.2 Å². The third-order valence-electron chi connectivity index (χ3n) is 5.25. The average molecular weight is 365 g/mol. The van der Waals surface area contributed by atoms with Gasteiger partial charge in [0.05, 0.1) is 5.39 Å². The van der Waals surface area contributed by atoms with Gasteiger partial charge >= 0.3 is 5.97 Å². The number of nitrogens with zero attached hydrogens (tertiary/aromatic N) is 3. The van der Waals surface area contributed by atoms with Gasteiger partial charge < -0.3 is 14.6 Å². The number of halogens is 1. The molecule has 3 aromatic rings. The van der Waals surface area contributed by atoms with Gasteiger partial charge in [-0.2, -0.15) is 0 Å². The first kappa shape index (κ1) is 16.0. The number of benzene rings is 1. The van der Waals surface area contributed by atoms with Gasteiger partial charge in [0.25, 0.3) is 0 Å². The largest absolute Gasteiger partial charge is 0.477 e. The Morgan fingerprint density at radius 1 is 1.19 bits per heavy atom. The van der Waals surface area contributed by atoms with Gasteiger partial charge in [0.2, 0.25) is 5.43 Å². The van der Waals surface area contributed by atoms with E-state index in [9.17, 15) is 19.1 Å². The summed E-state index contributed by atoms with van der Waals surface area (Å²) in [6, 6.07) is 9.15. The molecule has 2 aliphatic rings. The standard InChI is InChI=1S/C20H16FN3O3/c21-16-7-14-17(25)15(20(26)27)10-24(13-5-6-13)18(14)22-19(16)23-8-11-3-1-2-4-12(11)9-23/h1-4,7,10,13H,5-6,8-9H2,(H,26,27). The van der Waals surface area contributed by atoms with Gasteiger partial charge in [-0.05, 0) is 30.0 Å². The highest BCUT2D eigenvalue weighted by molar-refractivity contribution is 5.92. The maximum absolute atomic E-state index is 14.9. The van der Waals surface area contributed by atoms with Crippen molar-refractivity contribution in [2.75, 3.05) is 4.90 Å². The minimum absolute atomic E-state index is 0.0137. The molecule has 1 fully saturated rings. The van der Waals surface area contributed by atoms with Crippen LogP contribution in [0, 0.1) is 5.82 Å². The van der Waals surface area contributed by atoms with E-state index in [0.29, 0.717) is 18.7 Å². The van der Waals surface area contributed by atoms with E-state index in [1.807, 2.05) is 29.2 Å². The minimum atomic E-state index is -1.31. The summed E-state index contributed by atoms with van der Waals surface area (Å²) in [6.45, 7) is 1.10. The smallest absolute Gasteiger partial charge is 0.341 e. The Morgan fingerprint density at radius 2 is 1.85 bits per heavy atom. The lowest BCUT2D eigenvalue weighted by Gasteiger charge is -2.19. The fourth-order valence-electron chi connectivity index (χ4n) is 3.73. The normalized spacial score (nSPS) is 16.0. The summed E-state index contributed by atoms with van der Waals surface area (Å²) < 4.78 is 16.6. The molecule has 0 saturated heterocycles. The molecule has 5 rings (SSSR count). The zero-order valence-corrected chi connectivity index (χ0v) is 14.4. The number of carboxylic acid groups (broad SMARTS) is 1. The lowest BCUT2D eigenvalue weighted by molar-refractivity contribution is 0.0695. The van der Waals surface area contributed by atoms with Crippen LogP contribution in [0.2, 0.25) is 0 Å². The third kappa shape index (κ3) is 2.50. The van der Waals surface area contributed by atoms with E-state index in [2.05, 4.69) is 4.98 Å². The number of carboxylic acids is 1. The van der Waals surface area contributed by atoms with Crippen LogP contribution in [0.3, 0.4) is 0 Å². The number of aromatic nitrogens is 2. The predicted octanol–water partition coefficient (Wildman–Crippen LogP) is 3.09. The van der Waals surface area contributed by atoms with Crippen molar-refractivity contribution >= 4 is 22.8 Å². The summed E-state index contributed by atoms with van der Waals surface area (Å²) in [7, 11) is 0. The second-order valence-corrected chi connectivity index (χ2v) is 7.11. The topological polar surface area (TPSA) is 75.4 Å². The second-order valence-electron chi connectivity index (χ2n) is 7.11. The van der Waals surface area contributed by atoms with Crippen LogP contribution in [-0.2, 0) is 13.1 Å². The van der Waals surface area contributed by atoms with Crippen molar-refractivity contribution in [2.24, 2.45) is 0 Å². The molecule has 1 N–H and O–H groups in total. The molecular weight excluding hydrogens is 349 g/mol. The summed E-state index contributed by atoms with van der Waals surface area (Å²) in [5.74, 6) is -1.73. The molecule has 0 spiro atoms. The molecule has 1 aliphatic heterocycles. The number of aromatic carboxylic acids is 1. The van der Waals surface area contributed by atoms with E-state index in [4.69, 9.17) is 0 Å². The van der Waals surface area contributed by atoms with Crippen LogP contribution in [-0.4, -0.2) is 20.6 Å². The van der Waals surface area contributed by atoms with Crippen molar-refractivity contribution in [3.63, 3.8) is 0 Å². The maximum Gasteiger partial charge on any atom is 0.341 e. The molecular formula is C20H16FN3O3. The van der Waals surface area contributed by atoms with Crippen LogP contribution >= 0.6 is 0 Å². The Bertz CT molecular complexity index is 1140. The highest BCUT2D eigenvalue weighted by atomic mass is 19.1. The zero-order chi connectivity index (χ0) is 18.7. The number of hydrogen-bond donors (Lipinski definition) is 1. The second kappa shape index (κ2) is 5.64. The SMILES string of the molecule is O=C(O)c1cn(C2CC2)c2nc(N3Cc4ccccc4C3)c(F)cc2c1=O. The molecule has 136 valence electrons. The molecule has 1 aromatic carbocycles.